The van der Waals surface area contributed by atoms with Gasteiger partial charge in [-0.3, -0.25) is 0 Å². The van der Waals surface area contributed by atoms with Gasteiger partial charge in [-0.2, -0.15) is 5.10 Å². The molecule has 1 aliphatic rings. The maximum atomic E-state index is 11.5. The fourth-order valence-electron chi connectivity index (χ4n) is 2.64. The number of aromatic nitrogens is 3. The highest BCUT2D eigenvalue weighted by atomic mass is 16.5. The predicted molar refractivity (Wildman–Crippen MR) is 70.7 cm³/mol. The van der Waals surface area contributed by atoms with Crippen LogP contribution in [0, 0.1) is 0 Å². The first-order valence-corrected chi connectivity index (χ1v) is 6.43. The lowest BCUT2D eigenvalue weighted by atomic mass is 10.1. The lowest BCUT2D eigenvalue weighted by Crippen LogP contribution is -2.10. The molecular weight excluding hydrogens is 258 g/mol. The highest BCUT2D eigenvalue weighted by molar-refractivity contribution is 5.87. The normalized spacial score (nSPS) is 20.8. The molecule has 0 saturated carbocycles. The minimum Gasteiger partial charge on any atom is -0.464 e. The van der Waals surface area contributed by atoms with E-state index in [-0.39, 0.29) is 11.6 Å². The number of nitrogens with zero attached hydrogens (tertiary/aromatic N) is 3. The monoisotopic (exact) mass is 273 g/mol. The summed E-state index contributed by atoms with van der Waals surface area (Å²) in [6, 6.07) is 5.10. The minimum absolute atomic E-state index is 0.200. The van der Waals surface area contributed by atoms with Crippen molar-refractivity contribution in [2.75, 3.05) is 7.11 Å². The second kappa shape index (κ2) is 4.72. The molecule has 6 heteroatoms. The molecule has 0 aromatic carbocycles. The van der Waals surface area contributed by atoms with Gasteiger partial charge in [-0.15, -0.1) is 0 Å². The number of fused-ring (bicyclic) bond motifs is 1. The number of pyridine rings is 1. The van der Waals surface area contributed by atoms with Crippen molar-refractivity contribution in [3.63, 3.8) is 0 Å². The fraction of sp³-hybridized carbons (Fsp3) is 0.357. The molecule has 0 bridgehead atoms. The third-order valence-electron chi connectivity index (χ3n) is 3.58. The maximum absolute atomic E-state index is 11.5. The summed E-state index contributed by atoms with van der Waals surface area (Å²) in [5.74, 6) is 0.268. The lowest BCUT2D eigenvalue weighted by molar-refractivity contribution is 0.0594. The molecule has 1 N–H and O–H groups in total. The molecule has 0 saturated heterocycles. The Hall–Kier alpha value is -2.21. The van der Waals surface area contributed by atoms with Crippen LogP contribution in [0.4, 0.5) is 0 Å². The van der Waals surface area contributed by atoms with Crippen LogP contribution in [-0.2, 0) is 4.74 Å². The summed E-state index contributed by atoms with van der Waals surface area (Å²) in [6.07, 6.45) is 1.87. The Morgan fingerprint density at radius 3 is 3.05 bits per heavy atom. The van der Waals surface area contributed by atoms with E-state index in [1.807, 2.05) is 6.92 Å². The number of methoxy groups -OCH3 is 1. The van der Waals surface area contributed by atoms with E-state index in [0.29, 0.717) is 12.2 Å². The van der Waals surface area contributed by atoms with E-state index in [2.05, 4.69) is 14.8 Å². The Kier molecular flexibility index (Phi) is 3.02. The van der Waals surface area contributed by atoms with Gasteiger partial charge in [-0.25, -0.2) is 14.5 Å². The van der Waals surface area contributed by atoms with E-state index in [4.69, 9.17) is 0 Å². The summed E-state index contributed by atoms with van der Waals surface area (Å²) in [4.78, 5) is 15.8. The molecule has 20 heavy (non-hydrogen) atoms. The molecule has 0 radical (unpaired) electrons. The number of rotatable bonds is 2. The summed E-state index contributed by atoms with van der Waals surface area (Å²) in [6.45, 7) is 2.04. The van der Waals surface area contributed by atoms with Gasteiger partial charge in [0.2, 0.25) is 0 Å². The number of aliphatic hydroxyl groups is 1. The highest BCUT2D eigenvalue weighted by Gasteiger charge is 2.31. The third kappa shape index (κ3) is 1.89. The standard InChI is InChI=1S/C14H15N3O3/c1-8-6-11(18)9-7-15-17(13(8)9)12-5-3-4-10(16-12)14(19)20-2/h3-5,7-8,11,18H,6H2,1-2H3. The minimum atomic E-state index is -0.483. The summed E-state index contributed by atoms with van der Waals surface area (Å²) in [7, 11) is 1.32. The Labute approximate surface area is 116 Å². The number of aliphatic hydroxyl groups excluding tert-OH is 1. The molecule has 0 spiro atoms. The number of hydrogen-bond acceptors (Lipinski definition) is 5. The molecule has 104 valence electrons. The van der Waals surface area contributed by atoms with Crippen LogP contribution in [0.25, 0.3) is 5.82 Å². The summed E-state index contributed by atoms with van der Waals surface area (Å²) in [5.41, 5.74) is 2.02. The lowest BCUT2D eigenvalue weighted by Gasteiger charge is -2.09. The van der Waals surface area contributed by atoms with Crippen molar-refractivity contribution >= 4 is 5.97 Å². The Bertz CT molecular complexity index is 665. The first-order valence-electron chi connectivity index (χ1n) is 6.43. The SMILES string of the molecule is COC(=O)c1cccc(-n2ncc3c2C(C)CC3O)n1. The van der Waals surface area contributed by atoms with Crippen LogP contribution in [0.5, 0.6) is 0 Å². The number of carbonyl (C=O) groups excluding carboxylic acids is 1. The summed E-state index contributed by atoms with van der Waals surface area (Å²) in [5, 5.41) is 14.2. The van der Waals surface area contributed by atoms with Gasteiger partial charge in [0.25, 0.3) is 0 Å². The zero-order chi connectivity index (χ0) is 14.3. The van der Waals surface area contributed by atoms with Gasteiger partial charge >= 0.3 is 5.97 Å². The van der Waals surface area contributed by atoms with Crippen LogP contribution >= 0.6 is 0 Å². The highest BCUT2D eigenvalue weighted by Crippen LogP contribution is 2.40. The number of carbonyl (C=O) groups is 1. The molecule has 2 aromatic rings. The van der Waals surface area contributed by atoms with E-state index in [9.17, 15) is 9.90 Å². The second-order valence-corrected chi connectivity index (χ2v) is 4.92. The first-order chi connectivity index (χ1) is 9.61. The van der Waals surface area contributed by atoms with E-state index in [1.165, 1.54) is 7.11 Å². The van der Waals surface area contributed by atoms with Gasteiger partial charge in [0.05, 0.1) is 25.1 Å². The average Bonchev–Trinajstić information content (AvgIpc) is 3.01. The Morgan fingerprint density at radius 1 is 1.50 bits per heavy atom. The van der Waals surface area contributed by atoms with Gasteiger partial charge in [-0.05, 0) is 18.6 Å². The van der Waals surface area contributed by atoms with Crippen molar-refractivity contribution < 1.29 is 14.6 Å². The van der Waals surface area contributed by atoms with Gasteiger partial charge < -0.3 is 9.84 Å². The largest absolute Gasteiger partial charge is 0.464 e. The van der Waals surface area contributed by atoms with Crippen molar-refractivity contribution in [2.45, 2.75) is 25.4 Å². The van der Waals surface area contributed by atoms with Gasteiger partial charge in [-0.1, -0.05) is 13.0 Å². The molecule has 0 fully saturated rings. The van der Waals surface area contributed by atoms with Gasteiger partial charge in [0.15, 0.2) is 11.5 Å². The van der Waals surface area contributed by atoms with Crippen molar-refractivity contribution in [3.05, 3.63) is 41.3 Å². The van der Waals surface area contributed by atoms with E-state index < -0.39 is 12.1 Å². The number of esters is 1. The maximum Gasteiger partial charge on any atom is 0.356 e. The van der Waals surface area contributed by atoms with Crippen LogP contribution in [-0.4, -0.2) is 33.0 Å². The topological polar surface area (TPSA) is 77.2 Å². The molecule has 2 aromatic heterocycles. The van der Waals surface area contributed by atoms with E-state index in [0.717, 1.165) is 11.3 Å². The molecule has 0 aliphatic heterocycles. The third-order valence-corrected chi connectivity index (χ3v) is 3.58. The smallest absolute Gasteiger partial charge is 0.356 e. The second-order valence-electron chi connectivity index (χ2n) is 4.92. The van der Waals surface area contributed by atoms with Crippen molar-refractivity contribution in [1.82, 2.24) is 14.8 Å². The number of ether oxygens (including phenoxy) is 1. The summed E-state index contributed by atoms with van der Waals surface area (Å²) >= 11 is 0. The van der Waals surface area contributed by atoms with Crippen LogP contribution in [0.15, 0.2) is 24.4 Å². The molecule has 2 unspecified atom stereocenters. The van der Waals surface area contributed by atoms with Crippen LogP contribution in [0.2, 0.25) is 0 Å². The van der Waals surface area contributed by atoms with Crippen molar-refractivity contribution in [3.8, 4) is 5.82 Å². The molecule has 1 aliphatic carbocycles. The van der Waals surface area contributed by atoms with Crippen molar-refractivity contribution in [2.24, 2.45) is 0 Å². The van der Waals surface area contributed by atoms with Crippen LogP contribution in [0.1, 0.15) is 47.1 Å². The average molecular weight is 273 g/mol. The molecular formula is C14H15N3O3. The molecule has 0 amide bonds. The molecule has 2 atom stereocenters. The van der Waals surface area contributed by atoms with Crippen molar-refractivity contribution in [1.29, 1.82) is 0 Å². The van der Waals surface area contributed by atoms with Crippen LogP contribution in [0.3, 0.4) is 0 Å². The zero-order valence-corrected chi connectivity index (χ0v) is 11.3. The molecule has 3 rings (SSSR count). The first kappa shape index (κ1) is 12.8. The van der Waals surface area contributed by atoms with Gasteiger partial charge in [0, 0.05) is 11.5 Å². The number of hydrogen-bond donors (Lipinski definition) is 1. The van der Waals surface area contributed by atoms with E-state index >= 15 is 0 Å². The zero-order valence-electron chi connectivity index (χ0n) is 11.3. The predicted octanol–water partition coefficient (Wildman–Crippen LogP) is 1.59. The molecule has 6 nitrogen and oxygen atoms in total. The van der Waals surface area contributed by atoms with Gasteiger partial charge in [0.1, 0.15) is 0 Å². The molecule has 2 heterocycles. The fourth-order valence-corrected chi connectivity index (χ4v) is 2.64. The van der Waals surface area contributed by atoms with E-state index in [1.54, 1.807) is 29.1 Å². The quantitative estimate of drug-likeness (QED) is 0.841. The summed E-state index contributed by atoms with van der Waals surface area (Å²) < 4.78 is 6.35. The Balaban J connectivity index is 2.07. The Morgan fingerprint density at radius 2 is 2.30 bits per heavy atom. The van der Waals surface area contributed by atoms with Crippen LogP contribution < -0.4 is 0 Å².